The first-order chi connectivity index (χ1) is 11.4. The Labute approximate surface area is 143 Å². The molecule has 0 fully saturated rings. The van der Waals surface area contributed by atoms with E-state index in [0.717, 1.165) is 16.2 Å². The quantitative estimate of drug-likeness (QED) is 0.356. The molecule has 126 valence electrons. The van der Waals surface area contributed by atoms with Gasteiger partial charge in [-0.2, -0.15) is 0 Å². The highest BCUT2D eigenvalue weighted by Crippen LogP contribution is 2.26. The van der Waals surface area contributed by atoms with E-state index in [9.17, 15) is 4.79 Å². The van der Waals surface area contributed by atoms with Gasteiger partial charge >= 0.3 is 5.97 Å². The molecule has 0 saturated carbocycles. The molecule has 0 saturated heterocycles. The van der Waals surface area contributed by atoms with Gasteiger partial charge in [-0.05, 0) is 17.3 Å². The number of carboxylic acid groups (broad SMARTS) is 1. The number of nitrogens with two attached hydrogens (primary N) is 1. The lowest BCUT2D eigenvalue weighted by molar-refractivity contribution is -0.129. The molecule has 0 amide bonds. The van der Waals surface area contributed by atoms with Crippen molar-refractivity contribution < 1.29 is 19.9 Å². The number of carbonyl (C=O) groups is 1. The Balaban J connectivity index is 0.000000182. The molecule has 2 aromatic heterocycles. The molecule has 10 nitrogen and oxygen atoms in total. The Morgan fingerprint density at radius 1 is 1.46 bits per heavy atom. The Morgan fingerprint density at radius 2 is 2.17 bits per heavy atom. The van der Waals surface area contributed by atoms with Gasteiger partial charge in [0.05, 0.1) is 0 Å². The number of rotatable bonds is 3. The van der Waals surface area contributed by atoms with Crippen LogP contribution in [0.2, 0.25) is 4.34 Å². The van der Waals surface area contributed by atoms with Crippen LogP contribution in [0.1, 0.15) is 5.69 Å². The summed E-state index contributed by atoms with van der Waals surface area (Å²) in [6, 6.07) is 7.19. The van der Waals surface area contributed by atoms with E-state index in [0.29, 0.717) is 11.0 Å². The second-order valence-corrected chi connectivity index (χ2v) is 5.70. The van der Waals surface area contributed by atoms with Crippen molar-refractivity contribution in [1.29, 1.82) is 0 Å². The first kappa shape index (κ1) is 17.4. The summed E-state index contributed by atoms with van der Waals surface area (Å²) >= 11 is 6.67. The normalized spacial score (nSPS) is 11.0. The number of nitrogens with zero attached hydrogens (tertiary/aromatic N) is 5. The highest BCUT2D eigenvalue weighted by atomic mass is 35.5. The van der Waals surface area contributed by atoms with Crippen LogP contribution < -0.4 is 5.73 Å². The monoisotopic (exact) mass is 370 g/mol. The zero-order valence-corrected chi connectivity index (χ0v) is 13.7. The maximum Gasteiger partial charge on any atom is 0.360 e. The topological polar surface area (TPSA) is 149 Å². The standard InChI is InChI=1S/C6H6ClN3O3S.C6H5N3O/c1-13-10-3(5(11)12)2-4(7)14-6(8)9-2;10-9-6-4-2-1-3-5(6)7-8-9/h1H3,(H2,8,9)(H,11,12);1-4,10H/b10-3-;. The smallest absolute Gasteiger partial charge is 0.360 e. The van der Waals surface area contributed by atoms with Crippen LogP contribution in [-0.4, -0.2) is 49.2 Å². The van der Waals surface area contributed by atoms with Crippen LogP contribution in [0, 0.1) is 0 Å². The Bertz CT molecular complexity index is 893. The highest BCUT2D eigenvalue weighted by Gasteiger charge is 2.21. The molecule has 0 spiro atoms. The molecule has 12 heteroatoms. The van der Waals surface area contributed by atoms with Gasteiger partial charge in [-0.15, -0.1) is 5.10 Å². The number of halogens is 1. The lowest BCUT2D eigenvalue weighted by atomic mass is 10.3. The number of hydrogen-bond donors (Lipinski definition) is 3. The average molecular weight is 371 g/mol. The number of hydrogen-bond acceptors (Lipinski definition) is 9. The average Bonchev–Trinajstić information content (AvgIpc) is 3.08. The SMILES string of the molecule is CO/N=C(\C(=O)O)c1nc(N)sc1Cl.On1nnc2ccccc21. The molecule has 4 N–H and O–H groups in total. The van der Waals surface area contributed by atoms with Gasteiger partial charge in [-0.1, -0.05) is 45.1 Å². The summed E-state index contributed by atoms with van der Waals surface area (Å²) in [5, 5.41) is 28.3. The van der Waals surface area contributed by atoms with Gasteiger partial charge in [0.25, 0.3) is 0 Å². The van der Waals surface area contributed by atoms with Crippen LogP contribution in [-0.2, 0) is 9.63 Å². The lowest BCUT2D eigenvalue weighted by Gasteiger charge is -1.95. The van der Waals surface area contributed by atoms with Gasteiger partial charge in [0, 0.05) is 0 Å². The minimum absolute atomic E-state index is 0.0171. The molecular weight excluding hydrogens is 360 g/mol. The first-order valence-electron chi connectivity index (χ1n) is 6.20. The van der Waals surface area contributed by atoms with Crippen molar-refractivity contribution in [3.63, 3.8) is 0 Å². The van der Waals surface area contributed by atoms with Crippen molar-refractivity contribution in [3.8, 4) is 0 Å². The molecule has 3 rings (SSSR count). The Kier molecular flexibility index (Phi) is 5.50. The van der Waals surface area contributed by atoms with Crippen molar-refractivity contribution in [2.24, 2.45) is 5.16 Å². The summed E-state index contributed by atoms with van der Waals surface area (Å²) in [6.07, 6.45) is 0. The fourth-order valence-corrected chi connectivity index (χ4v) is 2.52. The van der Waals surface area contributed by atoms with E-state index in [1.807, 2.05) is 12.1 Å². The molecule has 0 aliphatic heterocycles. The molecule has 0 unspecified atom stereocenters. The van der Waals surface area contributed by atoms with Crippen molar-refractivity contribution in [2.45, 2.75) is 0 Å². The third kappa shape index (κ3) is 3.88. The number of nitrogen functional groups attached to an aromatic ring is 1. The second-order valence-electron chi connectivity index (χ2n) is 4.07. The number of oxime groups is 1. The summed E-state index contributed by atoms with van der Waals surface area (Å²) in [5.41, 5.74) is 6.32. The highest BCUT2D eigenvalue weighted by molar-refractivity contribution is 7.19. The molecule has 0 radical (unpaired) electrons. The van der Waals surface area contributed by atoms with Crippen molar-refractivity contribution in [1.82, 2.24) is 20.1 Å². The van der Waals surface area contributed by atoms with Crippen LogP contribution in [0.4, 0.5) is 5.13 Å². The number of anilines is 1. The zero-order valence-electron chi connectivity index (χ0n) is 12.1. The molecule has 24 heavy (non-hydrogen) atoms. The summed E-state index contributed by atoms with van der Waals surface area (Å²) in [7, 11) is 1.23. The van der Waals surface area contributed by atoms with Gasteiger partial charge in [0.1, 0.15) is 28.2 Å². The number of fused-ring (bicyclic) bond motifs is 1. The number of aromatic nitrogens is 4. The zero-order chi connectivity index (χ0) is 17.7. The van der Waals surface area contributed by atoms with Gasteiger partial charge in [0.15, 0.2) is 5.13 Å². The van der Waals surface area contributed by atoms with Crippen molar-refractivity contribution in [3.05, 3.63) is 34.3 Å². The maximum atomic E-state index is 10.7. The van der Waals surface area contributed by atoms with Crippen LogP contribution in [0.15, 0.2) is 29.4 Å². The van der Waals surface area contributed by atoms with E-state index >= 15 is 0 Å². The van der Waals surface area contributed by atoms with Crippen LogP contribution in [0.25, 0.3) is 11.0 Å². The van der Waals surface area contributed by atoms with E-state index in [1.54, 1.807) is 12.1 Å². The molecule has 0 aliphatic carbocycles. The van der Waals surface area contributed by atoms with E-state index < -0.39 is 5.97 Å². The fourth-order valence-electron chi connectivity index (χ4n) is 1.59. The summed E-state index contributed by atoms with van der Waals surface area (Å²) in [4.78, 5) is 19.5. The van der Waals surface area contributed by atoms with Crippen LogP contribution in [0.5, 0.6) is 0 Å². The fraction of sp³-hybridized carbons (Fsp3) is 0.0833. The maximum absolute atomic E-state index is 10.7. The molecule has 0 bridgehead atoms. The predicted octanol–water partition coefficient (Wildman–Crippen LogP) is 1.48. The van der Waals surface area contributed by atoms with Gasteiger partial charge in [0.2, 0.25) is 5.71 Å². The number of aliphatic carboxylic acids is 1. The second kappa shape index (κ2) is 7.57. The first-order valence-corrected chi connectivity index (χ1v) is 7.39. The van der Waals surface area contributed by atoms with Gasteiger partial charge < -0.3 is 20.9 Å². The largest absolute Gasteiger partial charge is 0.476 e. The van der Waals surface area contributed by atoms with E-state index in [1.165, 1.54) is 7.11 Å². The molecule has 0 atom stereocenters. The number of carboxylic acids is 1. The summed E-state index contributed by atoms with van der Waals surface area (Å²) in [5.74, 6) is -1.28. The number of benzene rings is 1. The van der Waals surface area contributed by atoms with Crippen molar-refractivity contribution >= 4 is 50.8 Å². The molecule has 0 aliphatic rings. The van der Waals surface area contributed by atoms with E-state index in [-0.39, 0.29) is 20.9 Å². The molecular formula is C12H11ClN6O4S. The van der Waals surface area contributed by atoms with Gasteiger partial charge in [-0.25, -0.2) is 9.78 Å². The number of thiazole rings is 1. The van der Waals surface area contributed by atoms with Gasteiger partial charge in [-0.3, -0.25) is 0 Å². The minimum Gasteiger partial charge on any atom is -0.476 e. The predicted molar refractivity (Wildman–Crippen MR) is 87.4 cm³/mol. The van der Waals surface area contributed by atoms with Crippen LogP contribution in [0.3, 0.4) is 0 Å². The third-order valence-electron chi connectivity index (χ3n) is 2.55. The summed E-state index contributed by atoms with van der Waals surface area (Å²) in [6.45, 7) is 0. The Morgan fingerprint density at radius 3 is 2.71 bits per heavy atom. The minimum atomic E-state index is -1.28. The molecule has 3 aromatic rings. The summed E-state index contributed by atoms with van der Waals surface area (Å²) < 4.78 is 0.167. The number of para-hydroxylation sites is 1. The molecule has 1 aromatic carbocycles. The van der Waals surface area contributed by atoms with E-state index in [2.05, 4.69) is 25.3 Å². The van der Waals surface area contributed by atoms with Crippen molar-refractivity contribution in [2.75, 3.05) is 12.8 Å². The Hall–Kier alpha value is -2.92. The van der Waals surface area contributed by atoms with E-state index in [4.69, 9.17) is 27.6 Å². The van der Waals surface area contributed by atoms with Crippen LogP contribution >= 0.6 is 22.9 Å². The lowest BCUT2D eigenvalue weighted by Crippen LogP contribution is -2.15. The third-order valence-corrected chi connectivity index (χ3v) is 3.63. The molecule has 2 heterocycles.